The topological polar surface area (TPSA) is 46.9 Å². The molecule has 0 bridgehead atoms. The maximum absolute atomic E-state index is 14.2. The van der Waals surface area contributed by atoms with E-state index in [0.717, 1.165) is 5.56 Å². The van der Waals surface area contributed by atoms with Crippen LogP contribution in [0.25, 0.3) is 5.69 Å². The number of fused-ring (bicyclic) bond motifs is 1. The molecule has 0 saturated carbocycles. The first kappa shape index (κ1) is 15.4. The number of carbonyl (C=O) groups excluding carboxylic acids is 1. The van der Waals surface area contributed by atoms with Crippen molar-refractivity contribution in [3.05, 3.63) is 40.8 Å². The van der Waals surface area contributed by atoms with E-state index in [1.54, 1.807) is 30.1 Å². The van der Waals surface area contributed by atoms with E-state index in [0.29, 0.717) is 22.5 Å². The molecule has 0 saturated heterocycles. The van der Waals surface area contributed by atoms with Crippen molar-refractivity contribution in [2.45, 2.75) is 19.1 Å². The maximum Gasteiger partial charge on any atom is 0.235 e. The second-order valence-electron chi connectivity index (χ2n) is 5.48. The van der Waals surface area contributed by atoms with Crippen molar-refractivity contribution in [3.63, 3.8) is 0 Å². The number of hydrogen-bond acceptors (Lipinski definition) is 3. The summed E-state index contributed by atoms with van der Waals surface area (Å²) in [7, 11) is 0. The lowest BCUT2D eigenvalue weighted by molar-refractivity contribution is -0.113. The predicted octanol–water partition coefficient (Wildman–Crippen LogP) is 4.05. The van der Waals surface area contributed by atoms with Gasteiger partial charge in [0, 0.05) is 15.8 Å². The molecule has 7 heteroatoms. The molecule has 1 aliphatic rings. The Morgan fingerprint density at radius 1 is 1.50 bits per heavy atom. The largest absolute Gasteiger partial charge is 0.310 e. The molecule has 1 N–H and O–H groups in total. The number of aromatic nitrogens is 2. The minimum atomic E-state index is -0.481. The van der Waals surface area contributed by atoms with Crippen molar-refractivity contribution in [1.29, 1.82) is 0 Å². The van der Waals surface area contributed by atoms with E-state index in [-0.39, 0.29) is 16.8 Å². The number of thioether (sulfide) groups is 1. The number of rotatable bonds is 2. The Morgan fingerprint density at radius 3 is 2.95 bits per heavy atom. The average Bonchev–Trinajstić information content (AvgIpc) is 2.75. The lowest BCUT2D eigenvalue weighted by Gasteiger charge is -2.17. The Labute approximate surface area is 137 Å². The summed E-state index contributed by atoms with van der Waals surface area (Å²) < 4.78 is 15.6. The van der Waals surface area contributed by atoms with Gasteiger partial charge in [-0.15, -0.1) is 11.8 Å². The van der Waals surface area contributed by atoms with Gasteiger partial charge in [-0.05, 0) is 24.1 Å². The number of nitrogens with one attached hydrogen (secondary N) is 1. The van der Waals surface area contributed by atoms with Gasteiger partial charge in [-0.1, -0.05) is 25.4 Å². The Balaban J connectivity index is 2.14. The fourth-order valence-electron chi connectivity index (χ4n) is 2.51. The van der Waals surface area contributed by atoms with E-state index in [4.69, 9.17) is 11.6 Å². The molecule has 2 aromatic rings. The normalized spacial score (nSPS) is 18.0. The van der Waals surface area contributed by atoms with Crippen LogP contribution in [0.5, 0.6) is 0 Å². The van der Waals surface area contributed by atoms with Crippen LogP contribution in [0.4, 0.5) is 10.2 Å². The molecule has 4 nitrogen and oxygen atoms in total. The van der Waals surface area contributed by atoms with E-state index in [1.807, 2.05) is 0 Å². The van der Waals surface area contributed by atoms with Crippen LogP contribution in [0.3, 0.4) is 0 Å². The summed E-state index contributed by atoms with van der Waals surface area (Å²) in [5.41, 5.74) is 1.18. The van der Waals surface area contributed by atoms with Gasteiger partial charge in [0.25, 0.3) is 0 Å². The molecule has 0 spiro atoms. The molecule has 1 aromatic carbocycles. The van der Waals surface area contributed by atoms with Gasteiger partial charge >= 0.3 is 0 Å². The van der Waals surface area contributed by atoms with Gasteiger partial charge in [-0.25, -0.2) is 9.07 Å². The highest BCUT2D eigenvalue weighted by atomic mass is 35.5. The van der Waals surface area contributed by atoms with Crippen molar-refractivity contribution in [3.8, 4) is 5.69 Å². The van der Waals surface area contributed by atoms with Crippen molar-refractivity contribution >= 4 is 35.1 Å². The summed E-state index contributed by atoms with van der Waals surface area (Å²) >= 11 is 7.37. The van der Waals surface area contributed by atoms with Gasteiger partial charge in [-0.2, -0.15) is 5.10 Å². The number of halogens is 2. The zero-order valence-electron chi connectivity index (χ0n) is 12.1. The lowest BCUT2D eigenvalue weighted by atomic mass is 10.0. The highest BCUT2D eigenvalue weighted by molar-refractivity contribution is 8.00. The molecule has 116 valence electrons. The van der Waals surface area contributed by atoms with Crippen molar-refractivity contribution in [1.82, 2.24) is 9.78 Å². The second-order valence-corrected chi connectivity index (χ2v) is 7.05. The fraction of sp³-hybridized carbons (Fsp3) is 0.333. The molecule has 0 fully saturated rings. The second kappa shape index (κ2) is 5.93. The molecule has 2 heterocycles. The van der Waals surface area contributed by atoms with Gasteiger partial charge in [0.2, 0.25) is 5.91 Å². The van der Waals surface area contributed by atoms with Crippen molar-refractivity contribution < 1.29 is 9.18 Å². The van der Waals surface area contributed by atoms with E-state index in [1.165, 1.54) is 10.7 Å². The van der Waals surface area contributed by atoms with Crippen molar-refractivity contribution in [2.24, 2.45) is 5.92 Å². The minimum Gasteiger partial charge on any atom is -0.310 e. The van der Waals surface area contributed by atoms with E-state index >= 15 is 0 Å². The SMILES string of the molecule is CC(C)[C@H]1SCC(=O)Nc2c1cnn2-c1ccc(Cl)cc1F. The molecule has 1 aromatic heterocycles. The molecule has 3 rings (SSSR count). The number of nitrogens with zero attached hydrogens (tertiary/aromatic N) is 2. The number of anilines is 1. The molecule has 22 heavy (non-hydrogen) atoms. The van der Waals surface area contributed by atoms with Gasteiger partial charge in [0.1, 0.15) is 17.3 Å². The number of benzene rings is 1. The summed E-state index contributed by atoms with van der Waals surface area (Å²) in [5, 5.41) is 7.57. The Bertz CT molecular complexity index is 732. The first-order valence-electron chi connectivity index (χ1n) is 6.92. The maximum atomic E-state index is 14.2. The third kappa shape index (κ3) is 2.73. The smallest absolute Gasteiger partial charge is 0.235 e. The summed E-state index contributed by atoms with van der Waals surface area (Å²) in [6.07, 6.45) is 1.70. The highest BCUT2D eigenvalue weighted by Crippen LogP contribution is 2.42. The number of hydrogen-bond donors (Lipinski definition) is 1. The molecule has 0 radical (unpaired) electrons. The first-order chi connectivity index (χ1) is 10.5. The average molecular weight is 340 g/mol. The molecular weight excluding hydrogens is 325 g/mol. The van der Waals surface area contributed by atoms with Crippen LogP contribution in [-0.2, 0) is 4.79 Å². The summed E-state index contributed by atoms with van der Waals surface area (Å²) in [5.74, 6) is 0.663. The standard InChI is InChI=1S/C15H15ClFN3OS/c1-8(2)14-10-6-18-20(15(10)19-13(21)7-22-14)12-4-3-9(16)5-11(12)17/h3-6,8,14H,7H2,1-2H3,(H,19,21)/t14-/m1/s1. The van der Waals surface area contributed by atoms with Crippen LogP contribution in [0.1, 0.15) is 24.7 Å². The Hall–Kier alpha value is -1.53. The van der Waals surface area contributed by atoms with Crippen molar-refractivity contribution in [2.75, 3.05) is 11.1 Å². The van der Waals surface area contributed by atoms with Crippen LogP contribution in [0, 0.1) is 11.7 Å². The Morgan fingerprint density at radius 2 is 2.27 bits per heavy atom. The van der Waals surface area contributed by atoms with E-state index in [2.05, 4.69) is 24.3 Å². The lowest BCUT2D eigenvalue weighted by Crippen LogP contribution is -2.16. The number of amides is 1. The molecule has 0 unspecified atom stereocenters. The van der Waals surface area contributed by atoms with Crippen LogP contribution in [0.2, 0.25) is 5.02 Å². The van der Waals surface area contributed by atoms with Gasteiger partial charge < -0.3 is 5.32 Å². The summed E-state index contributed by atoms with van der Waals surface area (Å²) in [4.78, 5) is 11.9. The molecule has 1 atom stereocenters. The quantitative estimate of drug-likeness (QED) is 0.898. The molecule has 0 aliphatic carbocycles. The third-order valence-electron chi connectivity index (χ3n) is 3.50. The fourth-order valence-corrected chi connectivity index (χ4v) is 3.80. The van der Waals surface area contributed by atoms with Gasteiger partial charge in [0.05, 0.1) is 11.9 Å². The zero-order chi connectivity index (χ0) is 15.9. The predicted molar refractivity (Wildman–Crippen MR) is 87.2 cm³/mol. The zero-order valence-corrected chi connectivity index (χ0v) is 13.7. The van der Waals surface area contributed by atoms with Gasteiger partial charge in [0.15, 0.2) is 0 Å². The van der Waals surface area contributed by atoms with E-state index in [9.17, 15) is 9.18 Å². The van der Waals surface area contributed by atoms with Crippen LogP contribution < -0.4 is 5.32 Å². The Kier molecular flexibility index (Phi) is 4.14. The highest BCUT2D eigenvalue weighted by Gasteiger charge is 2.29. The number of carbonyl (C=O) groups is 1. The molecule has 1 aliphatic heterocycles. The van der Waals surface area contributed by atoms with Gasteiger partial charge in [-0.3, -0.25) is 4.79 Å². The minimum absolute atomic E-state index is 0.106. The summed E-state index contributed by atoms with van der Waals surface area (Å²) in [6.45, 7) is 4.19. The van der Waals surface area contributed by atoms with Crippen LogP contribution >= 0.6 is 23.4 Å². The first-order valence-corrected chi connectivity index (χ1v) is 8.35. The van der Waals surface area contributed by atoms with Crippen LogP contribution in [0.15, 0.2) is 24.4 Å². The van der Waals surface area contributed by atoms with E-state index < -0.39 is 5.82 Å². The monoisotopic (exact) mass is 339 g/mol. The molecule has 1 amide bonds. The van der Waals surface area contributed by atoms with Crippen LogP contribution in [-0.4, -0.2) is 21.4 Å². The third-order valence-corrected chi connectivity index (χ3v) is 5.32. The molecular formula is C15H15ClFN3OS. The summed E-state index contributed by atoms with van der Waals surface area (Å²) in [6, 6.07) is 4.39.